The molecule has 30 heavy (non-hydrogen) atoms. The number of hydrogen-bond donors (Lipinski definition) is 2. The van der Waals surface area contributed by atoms with Crippen molar-refractivity contribution in [2.24, 2.45) is 0 Å². The molecule has 0 bridgehead atoms. The van der Waals surface area contributed by atoms with E-state index in [-0.39, 0.29) is 38.5 Å². The van der Waals surface area contributed by atoms with Gasteiger partial charge in [-0.25, -0.2) is 4.39 Å². The van der Waals surface area contributed by atoms with E-state index in [1.807, 2.05) is 0 Å². The van der Waals surface area contributed by atoms with Gasteiger partial charge in [-0.05, 0) is 36.7 Å². The van der Waals surface area contributed by atoms with Crippen LogP contribution in [0.1, 0.15) is 32.0 Å². The quantitative estimate of drug-likeness (QED) is 0.528. The molecule has 0 fully saturated rings. The minimum atomic E-state index is -0.520. The summed E-state index contributed by atoms with van der Waals surface area (Å²) in [6.07, 6.45) is 0. The number of carbonyl (C=O) groups excluding carboxylic acids is 2. The van der Waals surface area contributed by atoms with E-state index in [0.717, 1.165) is 11.5 Å². The Labute approximate surface area is 186 Å². The van der Waals surface area contributed by atoms with Gasteiger partial charge in [-0.1, -0.05) is 41.4 Å². The van der Waals surface area contributed by atoms with E-state index in [1.54, 1.807) is 25.1 Å². The van der Waals surface area contributed by atoms with E-state index in [0.29, 0.717) is 11.3 Å². The van der Waals surface area contributed by atoms with Gasteiger partial charge in [0.25, 0.3) is 11.8 Å². The SMILES string of the molecule is COc1c(Cl)cc(C(=O)Nc2snc(C)c2C(=O)NCc2ccccc2F)cc1Cl. The fourth-order valence-electron chi connectivity index (χ4n) is 2.69. The van der Waals surface area contributed by atoms with Gasteiger partial charge in [-0.15, -0.1) is 0 Å². The molecule has 0 aliphatic carbocycles. The topological polar surface area (TPSA) is 80.3 Å². The number of benzene rings is 2. The van der Waals surface area contributed by atoms with Crippen LogP contribution < -0.4 is 15.4 Å². The molecule has 0 unspecified atom stereocenters. The monoisotopic (exact) mass is 467 g/mol. The van der Waals surface area contributed by atoms with Gasteiger partial charge in [-0.3, -0.25) is 9.59 Å². The van der Waals surface area contributed by atoms with Gasteiger partial charge < -0.3 is 15.4 Å². The molecule has 10 heteroatoms. The van der Waals surface area contributed by atoms with Gasteiger partial charge in [-0.2, -0.15) is 4.37 Å². The number of amides is 2. The molecular formula is C20H16Cl2FN3O3S. The van der Waals surface area contributed by atoms with E-state index < -0.39 is 17.6 Å². The van der Waals surface area contributed by atoms with E-state index in [9.17, 15) is 14.0 Å². The molecule has 0 atom stereocenters. The molecule has 1 aromatic heterocycles. The van der Waals surface area contributed by atoms with Crippen LogP contribution >= 0.6 is 34.7 Å². The number of halogens is 3. The Morgan fingerprint density at radius 2 is 1.83 bits per heavy atom. The van der Waals surface area contributed by atoms with Crippen LogP contribution in [0.15, 0.2) is 36.4 Å². The van der Waals surface area contributed by atoms with Crippen LogP contribution in [-0.2, 0) is 6.54 Å². The van der Waals surface area contributed by atoms with Crippen molar-refractivity contribution in [2.45, 2.75) is 13.5 Å². The van der Waals surface area contributed by atoms with Gasteiger partial charge in [0.15, 0.2) is 5.75 Å². The van der Waals surface area contributed by atoms with Crippen LogP contribution in [0.5, 0.6) is 5.75 Å². The maximum atomic E-state index is 13.8. The molecule has 2 aromatic carbocycles. The second kappa shape index (κ2) is 9.42. The summed E-state index contributed by atoms with van der Waals surface area (Å²) >= 11 is 13.1. The smallest absolute Gasteiger partial charge is 0.256 e. The van der Waals surface area contributed by atoms with Crippen molar-refractivity contribution in [3.05, 3.63) is 74.6 Å². The van der Waals surface area contributed by atoms with E-state index in [2.05, 4.69) is 15.0 Å². The standard InChI is InChI=1S/C20H16Cl2FN3O3S/c1-10-16(19(28)24-9-11-5-3-4-6-15(11)23)20(30-26-10)25-18(27)12-7-13(21)17(29-2)14(22)8-12/h3-8H,9H2,1-2H3,(H,24,28)(H,25,27). The lowest BCUT2D eigenvalue weighted by molar-refractivity contribution is 0.0951. The van der Waals surface area contributed by atoms with Crippen LogP contribution in [0.2, 0.25) is 10.0 Å². The first kappa shape index (κ1) is 22.0. The Balaban J connectivity index is 1.78. The molecule has 2 N–H and O–H groups in total. The Morgan fingerprint density at radius 3 is 2.47 bits per heavy atom. The number of aromatic nitrogens is 1. The van der Waals surface area contributed by atoms with Crippen molar-refractivity contribution in [1.82, 2.24) is 9.69 Å². The van der Waals surface area contributed by atoms with E-state index >= 15 is 0 Å². The number of aryl methyl sites for hydroxylation is 1. The zero-order valence-corrected chi connectivity index (χ0v) is 18.2. The van der Waals surface area contributed by atoms with Crippen molar-refractivity contribution in [3.63, 3.8) is 0 Å². The maximum absolute atomic E-state index is 13.8. The lowest BCUT2D eigenvalue weighted by Gasteiger charge is -2.10. The van der Waals surface area contributed by atoms with Crippen molar-refractivity contribution in [2.75, 3.05) is 12.4 Å². The highest BCUT2D eigenvalue weighted by Crippen LogP contribution is 2.34. The van der Waals surface area contributed by atoms with Crippen LogP contribution in [-0.4, -0.2) is 23.3 Å². The number of rotatable bonds is 6. The van der Waals surface area contributed by atoms with E-state index in [1.165, 1.54) is 25.3 Å². The average molecular weight is 468 g/mol. The molecule has 3 aromatic rings. The number of hydrogen-bond acceptors (Lipinski definition) is 5. The summed E-state index contributed by atoms with van der Waals surface area (Å²) in [5, 5.41) is 5.92. The van der Waals surface area contributed by atoms with E-state index in [4.69, 9.17) is 27.9 Å². The Hall–Kier alpha value is -2.68. The van der Waals surface area contributed by atoms with Crippen LogP contribution in [0.4, 0.5) is 9.39 Å². The molecule has 0 spiro atoms. The third-order valence-corrected chi connectivity index (χ3v) is 5.59. The summed E-state index contributed by atoms with van der Waals surface area (Å²) in [4.78, 5) is 25.3. The zero-order valence-electron chi connectivity index (χ0n) is 15.9. The summed E-state index contributed by atoms with van der Waals surface area (Å²) in [6, 6.07) is 8.96. The maximum Gasteiger partial charge on any atom is 0.256 e. The molecule has 0 aliphatic rings. The Kier molecular flexibility index (Phi) is 6.91. The fraction of sp³-hybridized carbons (Fsp3) is 0.150. The lowest BCUT2D eigenvalue weighted by Crippen LogP contribution is -2.25. The lowest BCUT2D eigenvalue weighted by atomic mass is 10.1. The number of ether oxygens (including phenoxy) is 1. The molecule has 1 heterocycles. The van der Waals surface area contributed by atoms with Crippen molar-refractivity contribution < 1.29 is 18.7 Å². The molecule has 3 rings (SSSR count). The van der Waals surface area contributed by atoms with Crippen molar-refractivity contribution in [1.29, 1.82) is 0 Å². The largest absolute Gasteiger partial charge is 0.494 e. The molecular weight excluding hydrogens is 452 g/mol. The number of anilines is 1. The average Bonchev–Trinajstić information content (AvgIpc) is 3.07. The van der Waals surface area contributed by atoms with Gasteiger partial charge in [0.1, 0.15) is 10.8 Å². The normalized spacial score (nSPS) is 10.6. The van der Waals surface area contributed by atoms with Gasteiger partial charge >= 0.3 is 0 Å². The summed E-state index contributed by atoms with van der Waals surface area (Å²) in [7, 11) is 1.42. The Morgan fingerprint density at radius 1 is 1.17 bits per heavy atom. The third-order valence-electron chi connectivity index (χ3n) is 4.18. The second-order valence-corrected chi connectivity index (χ2v) is 7.76. The highest BCUT2D eigenvalue weighted by atomic mass is 35.5. The minimum Gasteiger partial charge on any atom is -0.494 e. The minimum absolute atomic E-state index is 0.00211. The zero-order chi connectivity index (χ0) is 21.8. The summed E-state index contributed by atoms with van der Waals surface area (Å²) in [5.74, 6) is -1.16. The first-order valence-corrected chi connectivity index (χ1v) is 10.2. The third kappa shape index (κ3) is 4.72. The molecule has 0 saturated heterocycles. The van der Waals surface area contributed by atoms with Crippen LogP contribution in [0.3, 0.4) is 0 Å². The van der Waals surface area contributed by atoms with Crippen molar-refractivity contribution in [3.8, 4) is 5.75 Å². The summed E-state index contributed by atoms with van der Waals surface area (Å²) in [6.45, 7) is 1.64. The molecule has 6 nitrogen and oxygen atoms in total. The second-order valence-electron chi connectivity index (χ2n) is 6.17. The van der Waals surface area contributed by atoms with Gasteiger partial charge in [0, 0.05) is 17.7 Å². The predicted molar refractivity (Wildman–Crippen MR) is 115 cm³/mol. The highest BCUT2D eigenvalue weighted by molar-refractivity contribution is 7.11. The molecule has 0 aliphatic heterocycles. The van der Waals surface area contributed by atoms with Crippen LogP contribution in [0, 0.1) is 12.7 Å². The first-order valence-electron chi connectivity index (χ1n) is 8.64. The predicted octanol–water partition coefficient (Wildman–Crippen LogP) is 5.09. The number of carbonyl (C=O) groups is 2. The first-order chi connectivity index (χ1) is 14.3. The summed E-state index contributed by atoms with van der Waals surface area (Å²) < 4.78 is 23.0. The summed E-state index contributed by atoms with van der Waals surface area (Å²) in [5.41, 5.74) is 1.18. The number of methoxy groups -OCH3 is 1. The molecule has 0 radical (unpaired) electrons. The van der Waals surface area contributed by atoms with Crippen LogP contribution in [0.25, 0.3) is 0 Å². The molecule has 0 saturated carbocycles. The Bertz CT molecular complexity index is 1100. The number of nitrogens with one attached hydrogen (secondary N) is 2. The molecule has 2 amide bonds. The fourth-order valence-corrected chi connectivity index (χ4v) is 4.12. The van der Waals surface area contributed by atoms with Gasteiger partial charge in [0.2, 0.25) is 0 Å². The van der Waals surface area contributed by atoms with Gasteiger partial charge in [0.05, 0.1) is 28.4 Å². The molecule has 156 valence electrons. The highest BCUT2D eigenvalue weighted by Gasteiger charge is 2.22. The number of nitrogens with zero attached hydrogens (tertiary/aromatic N) is 1. The van der Waals surface area contributed by atoms with Crippen molar-refractivity contribution >= 4 is 51.5 Å².